The molecule has 0 radical (unpaired) electrons. The second-order valence-corrected chi connectivity index (χ2v) is 6.93. The lowest BCUT2D eigenvalue weighted by Crippen LogP contribution is -2.55. The lowest BCUT2D eigenvalue weighted by molar-refractivity contribution is -0.141. The van der Waals surface area contributed by atoms with E-state index in [-0.39, 0.29) is 6.61 Å². The van der Waals surface area contributed by atoms with Crippen molar-refractivity contribution in [2.24, 2.45) is 13.0 Å². The maximum absolute atomic E-state index is 12.3. The highest BCUT2D eigenvalue weighted by molar-refractivity contribution is 5.77. The lowest BCUT2D eigenvalue weighted by atomic mass is 9.83. The van der Waals surface area contributed by atoms with Gasteiger partial charge in [0, 0.05) is 64.1 Å². The van der Waals surface area contributed by atoms with Crippen LogP contribution in [-0.2, 0) is 18.4 Å². The first-order valence-corrected chi connectivity index (χ1v) is 8.77. The van der Waals surface area contributed by atoms with Crippen LogP contribution in [-0.4, -0.2) is 62.9 Å². The Morgan fingerprint density at radius 3 is 2.96 bits per heavy atom. The van der Waals surface area contributed by atoms with Gasteiger partial charge < -0.3 is 10.0 Å². The van der Waals surface area contributed by atoms with Crippen molar-refractivity contribution in [2.75, 3.05) is 26.2 Å². The number of aliphatic hydroxyl groups excluding tert-OH is 1. The number of carbonyl (C=O) groups is 1. The summed E-state index contributed by atoms with van der Waals surface area (Å²) in [7, 11) is 1.95. The third kappa shape index (κ3) is 3.93. The van der Waals surface area contributed by atoms with Crippen LogP contribution in [0, 0.1) is 5.92 Å². The van der Waals surface area contributed by atoms with Crippen molar-refractivity contribution in [3.05, 3.63) is 18.0 Å². The summed E-state index contributed by atoms with van der Waals surface area (Å²) in [5, 5.41) is 13.2. The molecule has 0 unspecified atom stereocenters. The summed E-state index contributed by atoms with van der Waals surface area (Å²) in [5.74, 6) is 0.900. The molecular formula is C17H28N4O2. The fourth-order valence-corrected chi connectivity index (χ4v) is 4.07. The standard InChI is InChI=1S/C17H28N4O2/c1-19-11-14(10-18-19)12-20-8-6-16-15(13-20)4-5-17(23)21(16)7-2-3-9-22/h10-11,15-16,22H,2-9,12-13H2,1H3/t15-,16+/m0/s1. The summed E-state index contributed by atoms with van der Waals surface area (Å²) >= 11 is 0. The molecular weight excluding hydrogens is 292 g/mol. The summed E-state index contributed by atoms with van der Waals surface area (Å²) in [6.07, 6.45) is 8.48. The van der Waals surface area contributed by atoms with Crippen molar-refractivity contribution in [1.29, 1.82) is 0 Å². The van der Waals surface area contributed by atoms with E-state index in [2.05, 4.69) is 21.1 Å². The van der Waals surface area contributed by atoms with E-state index in [0.717, 1.165) is 51.9 Å². The minimum absolute atomic E-state index is 0.217. The number of aliphatic hydroxyl groups is 1. The predicted octanol–water partition coefficient (Wildman–Crippen LogP) is 1.01. The SMILES string of the molecule is Cn1cc(CN2CC[C@@H]3[C@@H](CCC(=O)N3CCCCO)C2)cn1. The zero-order valence-electron chi connectivity index (χ0n) is 14.0. The Morgan fingerprint density at radius 2 is 2.22 bits per heavy atom. The monoisotopic (exact) mass is 320 g/mol. The van der Waals surface area contributed by atoms with Crippen molar-refractivity contribution in [3.63, 3.8) is 0 Å². The third-order valence-electron chi connectivity index (χ3n) is 5.20. The molecule has 2 aliphatic heterocycles. The van der Waals surface area contributed by atoms with Crippen molar-refractivity contribution < 1.29 is 9.90 Å². The molecule has 2 atom stereocenters. The Morgan fingerprint density at radius 1 is 1.35 bits per heavy atom. The van der Waals surface area contributed by atoms with E-state index in [0.29, 0.717) is 24.3 Å². The number of hydrogen-bond donors (Lipinski definition) is 1. The Labute approximate surface area is 138 Å². The summed E-state index contributed by atoms with van der Waals surface area (Å²) in [4.78, 5) is 16.9. The van der Waals surface area contributed by atoms with Gasteiger partial charge in [0.15, 0.2) is 0 Å². The van der Waals surface area contributed by atoms with Gasteiger partial charge in [0.05, 0.1) is 6.20 Å². The van der Waals surface area contributed by atoms with E-state index in [1.165, 1.54) is 5.56 Å². The third-order valence-corrected chi connectivity index (χ3v) is 5.20. The molecule has 2 fully saturated rings. The number of unbranched alkanes of at least 4 members (excludes halogenated alkanes) is 1. The molecule has 0 aliphatic carbocycles. The highest BCUT2D eigenvalue weighted by Crippen LogP contribution is 2.32. The summed E-state index contributed by atoms with van der Waals surface area (Å²) in [6, 6.07) is 0.403. The van der Waals surface area contributed by atoms with Crippen molar-refractivity contribution >= 4 is 5.91 Å². The van der Waals surface area contributed by atoms with E-state index < -0.39 is 0 Å². The van der Waals surface area contributed by atoms with Gasteiger partial charge >= 0.3 is 0 Å². The van der Waals surface area contributed by atoms with Crippen molar-refractivity contribution in [1.82, 2.24) is 19.6 Å². The summed E-state index contributed by atoms with van der Waals surface area (Å²) in [5.41, 5.74) is 1.26. The van der Waals surface area contributed by atoms with Gasteiger partial charge in [-0.05, 0) is 31.6 Å². The minimum atomic E-state index is 0.217. The van der Waals surface area contributed by atoms with Crippen LogP contribution in [0.15, 0.2) is 12.4 Å². The zero-order valence-corrected chi connectivity index (χ0v) is 14.0. The smallest absolute Gasteiger partial charge is 0.222 e. The molecule has 1 N–H and O–H groups in total. The molecule has 2 aliphatic rings. The van der Waals surface area contributed by atoms with Gasteiger partial charge in [-0.2, -0.15) is 5.10 Å². The molecule has 6 heteroatoms. The van der Waals surface area contributed by atoms with E-state index >= 15 is 0 Å². The molecule has 1 amide bonds. The normalized spacial score (nSPS) is 25.7. The van der Waals surface area contributed by atoms with E-state index in [9.17, 15) is 4.79 Å². The topological polar surface area (TPSA) is 61.6 Å². The van der Waals surface area contributed by atoms with Gasteiger partial charge in [0.25, 0.3) is 0 Å². The number of aromatic nitrogens is 2. The first-order chi connectivity index (χ1) is 11.2. The van der Waals surface area contributed by atoms with Crippen LogP contribution in [0.5, 0.6) is 0 Å². The average Bonchev–Trinajstić information content (AvgIpc) is 2.95. The average molecular weight is 320 g/mol. The predicted molar refractivity (Wildman–Crippen MR) is 87.6 cm³/mol. The number of hydrogen-bond acceptors (Lipinski definition) is 4. The van der Waals surface area contributed by atoms with Crippen LogP contribution in [0.4, 0.5) is 0 Å². The number of rotatable bonds is 6. The molecule has 0 bridgehead atoms. The fraction of sp³-hybridized carbons (Fsp3) is 0.765. The Balaban J connectivity index is 1.57. The molecule has 1 aromatic heterocycles. The number of carbonyl (C=O) groups excluding carboxylic acids is 1. The fourth-order valence-electron chi connectivity index (χ4n) is 4.07. The highest BCUT2D eigenvalue weighted by Gasteiger charge is 2.38. The van der Waals surface area contributed by atoms with Crippen LogP contribution in [0.25, 0.3) is 0 Å². The van der Waals surface area contributed by atoms with E-state index in [4.69, 9.17) is 5.11 Å². The number of nitrogens with zero attached hydrogens (tertiary/aromatic N) is 4. The number of fused-ring (bicyclic) bond motifs is 1. The molecule has 0 aromatic carbocycles. The van der Waals surface area contributed by atoms with Gasteiger partial charge in [0.2, 0.25) is 5.91 Å². The van der Waals surface area contributed by atoms with Gasteiger partial charge in [-0.3, -0.25) is 14.4 Å². The molecule has 0 spiro atoms. The lowest BCUT2D eigenvalue weighted by Gasteiger charge is -2.47. The van der Waals surface area contributed by atoms with Gasteiger partial charge in [-0.25, -0.2) is 0 Å². The summed E-state index contributed by atoms with van der Waals surface area (Å²) in [6.45, 7) is 4.09. The molecule has 0 saturated carbocycles. The summed E-state index contributed by atoms with van der Waals surface area (Å²) < 4.78 is 1.85. The molecule has 2 saturated heterocycles. The molecule has 3 heterocycles. The molecule has 23 heavy (non-hydrogen) atoms. The molecule has 3 rings (SSSR count). The quantitative estimate of drug-likeness (QED) is 0.795. The number of likely N-dealkylation sites (tertiary alicyclic amines) is 2. The largest absolute Gasteiger partial charge is 0.396 e. The molecule has 128 valence electrons. The Hall–Kier alpha value is -1.40. The van der Waals surface area contributed by atoms with Crippen LogP contribution < -0.4 is 0 Å². The first kappa shape index (κ1) is 16.5. The van der Waals surface area contributed by atoms with Gasteiger partial charge in [-0.1, -0.05) is 0 Å². The van der Waals surface area contributed by atoms with Crippen molar-refractivity contribution in [2.45, 2.75) is 44.7 Å². The second kappa shape index (κ2) is 7.45. The van der Waals surface area contributed by atoms with Crippen LogP contribution in [0.3, 0.4) is 0 Å². The van der Waals surface area contributed by atoms with Crippen LogP contribution >= 0.6 is 0 Å². The maximum Gasteiger partial charge on any atom is 0.222 e. The van der Waals surface area contributed by atoms with Gasteiger partial charge in [-0.15, -0.1) is 0 Å². The zero-order chi connectivity index (χ0) is 16.2. The Kier molecular flexibility index (Phi) is 5.33. The van der Waals surface area contributed by atoms with Crippen LogP contribution in [0.1, 0.15) is 37.7 Å². The van der Waals surface area contributed by atoms with Crippen molar-refractivity contribution in [3.8, 4) is 0 Å². The molecule has 6 nitrogen and oxygen atoms in total. The van der Waals surface area contributed by atoms with Crippen LogP contribution in [0.2, 0.25) is 0 Å². The second-order valence-electron chi connectivity index (χ2n) is 6.93. The maximum atomic E-state index is 12.3. The number of aryl methyl sites for hydroxylation is 1. The minimum Gasteiger partial charge on any atom is -0.396 e. The van der Waals surface area contributed by atoms with E-state index in [1.54, 1.807) is 0 Å². The highest BCUT2D eigenvalue weighted by atomic mass is 16.3. The molecule has 1 aromatic rings. The van der Waals surface area contributed by atoms with Gasteiger partial charge in [0.1, 0.15) is 0 Å². The van der Waals surface area contributed by atoms with E-state index in [1.807, 2.05) is 17.9 Å². The Bertz CT molecular complexity index is 530. The first-order valence-electron chi connectivity index (χ1n) is 8.77. The number of amides is 1. The number of piperidine rings is 2.